The smallest absolute Gasteiger partial charge is 0.408 e. The minimum Gasteiger partial charge on any atom is -0.471 e. The highest BCUT2D eigenvalue weighted by Gasteiger charge is 2.47. The van der Waals surface area contributed by atoms with Crippen molar-refractivity contribution in [3.8, 4) is 5.88 Å². The van der Waals surface area contributed by atoms with Gasteiger partial charge in [0.2, 0.25) is 11.8 Å². The normalized spacial score (nSPS) is 29.9. The number of hydrogen-bond donors (Lipinski definition) is 1. The predicted octanol–water partition coefficient (Wildman–Crippen LogP) is 4.99. The van der Waals surface area contributed by atoms with Crippen LogP contribution in [0.4, 0.5) is 9.18 Å². The molecular formula is C31H41FN4O5. The zero-order valence-corrected chi connectivity index (χ0v) is 24.4. The lowest BCUT2D eigenvalue weighted by molar-refractivity contribution is -0.139. The number of fused-ring (bicyclic) bond motifs is 5. The minimum atomic E-state index is -0.902. The molecule has 1 aromatic heterocycles. The topological polar surface area (TPSA) is 111 Å². The van der Waals surface area contributed by atoms with E-state index < -0.39 is 35.5 Å². The Balaban J connectivity index is 1.50. The summed E-state index contributed by atoms with van der Waals surface area (Å²) >= 11 is 0. The number of amides is 2. The molecule has 2 amide bonds. The van der Waals surface area contributed by atoms with E-state index in [1.54, 1.807) is 6.07 Å². The van der Waals surface area contributed by atoms with Gasteiger partial charge in [-0.2, -0.15) is 0 Å². The third-order valence-electron chi connectivity index (χ3n) is 8.92. The van der Waals surface area contributed by atoms with E-state index in [-0.39, 0.29) is 30.4 Å². The number of alkyl carbamates (subject to hydrolysis) is 1. The average molecular weight is 569 g/mol. The van der Waals surface area contributed by atoms with E-state index >= 15 is 0 Å². The van der Waals surface area contributed by atoms with Crippen molar-refractivity contribution in [3.63, 3.8) is 0 Å². The predicted molar refractivity (Wildman–Crippen MR) is 151 cm³/mol. The summed E-state index contributed by atoms with van der Waals surface area (Å²) in [4.78, 5) is 50.2. The number of benzene rings is 1. The highest BCUT2D eigenvalue weighted by Crippen LogP contribution is 2.35. The molecule has 2 fully saturated rings. The number of halogens is 1. The van der Waals surface area contributed by atoms with Crippen LogP contribution in [-0.4, -0.2) is 64.0 Å². The number of hydrogen-bond acceptors (Lipinski definition) is 7. The first-order valence-electron chi connectivity index (χ1n) is 14.9. The summed E-state index contributed by atoms with van der Waals surface area (Å²) in [7, 11) is 0. The molecule has 0 unspecified atom stereocenters. The number of nitrogens with zero attached hydrogens (tertiary/aromatic N) is 3. The van der Waals surface area contributed by atoms with E-state index in [0.717, 1.165) is 51.2 Å². The summed E-state index contributed by atoms with van der Waals surface area (Å²) in [5.41, 5.74) is 1.03. The van der Waals surface area contributed by atoms with Gasteiger partial charge < -0.3 is 24.5 Å². The van der Waals surface area contributed by atoms with E-state index in [2.05, 4.69) is 10.3 Å². The summed E-state index contributed by atoms with van der Waals surface area (Å²) in [6.45, 7) is 7.63. The first kappa shape index (κ1) is 29.2. The highest BCUT2D eigenvalue weighted by atomic mass is 19.1. The lowest BCUT2D eigenvalue weighted by atomic mass is 9.85. The third kappa shape index (κ3) is 6.31. The third-order valence-corrected chi connectivity index (χ3v) is 8.92. The molecule has 222 valence electrons. The van der Waals surface area contributed by atoms with Gasteiger partial charge in [0.25, 0.3) is 0 Å². The molecule has 2 aromatic rings. The molecule has 0 spiro atoms. The standard InChI is InChI=1S/C31H41FN4O5/c1-18-24(17-37)36-16-26(18)40-28-22(33-21-14-13-20(32)15-23(21)34-28)11-7-5-6-9-19-10-8-12-25(19)41-30(39)35-27(29(36)38)31(2,3)4/h13-15,17-19,24-27H,5-12,16H2,1-4H3,(H,35,39)/t18-,19+,24+,25+,26-,27+/m0/s1. The van der Waals surface area contributed by atoms with Gasteiger partial charge in [0, 0.05) is 12.0 Å². The Morgan fingerprint density at radius 3 is 2.54 bits per heavy atom. The lowest BCUT2D eigenvalue weighted by Gasteiger charge is -2.35. The Kier molecular flexibility index (Phi) is 8.47. The van der Waals surface area contributed by atoms with Gasteiger partial charge in [-0.05, 0) is 62.0 Å². The lowest BCUT2D eigenvalue weighted by Crippen LogP contribution is -2.56. The first-order chi connectivity index (χ1) is 19.5. The molecule has 2 bridgehead atoms. The monoisotopic (exact) mass is 568 g/mol. The van der Waals surface area contributed by atoms with Gasteiger partial charge >= 0.3 is 6.09 Å². The van der Waals surface area contributed by atoms with Gasteiger partial charge in [0.15, 0.2) is 0 Å². The Morgan fingerprint density at radius 2 is 1.78 bits per heavy atom. The maximum Gasteiger partial charge on any atom is 0.408 e. The molecule has 1 N–H and O–H groups in total. The largest absolute Gasteiger partial charge is 0.471 e. The van der Waals surface area contributed by atoms with Gasteiger partial charge in [-0.3, -0.25) is 4.79 Å². The fourth-order valence-electron chi connectivity index (χ4n) is 6.48. The van der Waals surface area contributed by atoms with Crippen LogP contribution in [0.25, 0.3) is 11.0 Å². The van der Waals surface area contributed by atoms with Crippen molar-refractivity contribution in [2.75, 3.05) is 6.54 Å². The number of nitrogens with one attached hydrogen (secondary N) is 1. The van der Waals surface area contributed by atoms with E-state index in [0.29, 0.717) is 29.0 Å². The number of aldehydes is 1. The van der Waals surface area contributed by atoms with Gasteiger partial charge in [-0.15, -0.1) is 0 Å². The van der Waals surface area contributed by atoms with Crippen LogP contribution in [0.2, 0.25) is 0 Å². The molecule has 1 aromatic carbocycles. The Morgan fingerprint density at radius 1 is 1.00 bits per heavy atom. The number of ether oxygens (including phenoxy) is 2. The zero-order valence-electron chi connectivity index (χ0n) is 24.4. The van der Waals surface area contributed by atoms with Crippen LogP contribution in [0.5, 0.6) is 5.88 Å². The molecule has 3 heterocycles. The van der Waals surface area contributed by atoms with Crippen LogP contribution < -0.4 is 10.1 Å². The van der Waals surface area contributed by atoms with Gasteiger partial charge in [0.1, 0.15) is 36.0 Å². The van der Waals surface area contributed by atoms with E-state index in [4.69, 9.17) is 14.5 Å². The fraction of sp³-hybridized carbons (Fsp3) is 0.645. The van der Waals surface area contributed by atoms with Crippen LogP contribution in [0, 0.1) is 23.1 Å². The van der Waals surface area contributed by atoms with Crippen molar-refractivity contribution < 1.29 is 28.2 Å². The quantitative estimate of drug-likeness (QED) is 0.483. The molecule has 1 saturated carbocycles. The first-order valence-corrected chi connectivity index (χ1v) is 14.9. The van der Waals surface area contributed by atoms with Crippen molar-refractivity contribution in [1.82, 2.24) is 20.2 Å². The van der Waals surface area contributed by atoms with Crippen molar-refractivity contribution in [2.24, 2.45) is 17.3 Å². The number of rotatable bonds is 1. The average Bonchev–Trinajstić information content (AvgIpc) is 3.48. The van der Waals surface area contributed by atoms with Crippen LogP contribution in [0.1, 0.15) is 78.3 Å². The molecule has 9 nitrogen and oxygen atoms in total. The van der Waals surface area contributed by atoms with Gasteiger partial charge in [-0.1, -0.05) is 40.5 Å². The number of carbonyl (C=O) groups is 3. The maximum atomic E-state index is 14.0. The van der Waals surface area contributed by atoms with Crippen LogP contribution >= 0.6 is 0 Å². The highest BCUT2D eigenvalue weighted by molar-refractivity contribution is 5.89. The van der Waals surface area contributed by atoms with E-state index in [9.17, 15) is 18.8 Å². The van der Waals surface area contributed by atoms with E-state index in [1.165, 1.54) is 17.0 Å². The van der Waals surface area contributed by atoms with Crippen molar-refractivity contribution >= 4 is 29.3 Å². The summed E-state index contributed by atoms with van der Waals surface area (Å²) in [5, 5.41) is 2.84. The van der Waals surface area contributed by atoms with Crippen molar-refractivity contribution in [3.05, 3.63) is 29.7 Å². The SMILES string of the molecule is C[C@@H]1[C@@H]2CN(C(=O)[C@H](C(C)(C)C)NC(=O)O[C@@H]3CCC[C@H]3CCCCCc3nc4ccc(F)cc4nc3O2)[C@@H]1C=O. The summed E-state index contributed by atoms with van der Waals surface area (Å²) < 4.78 is 26.3. The van der Waals surface area contributed by atoms with Crippen LogP contribution in [0.3, 0.4) is 0 Å². The van der Waals surface area contributed by atoms with E-state index in [1.807, 2.05) is 27.7 Å². The van der Waals surface area contributed by atoms with Crippen LogP contribution in [0.15, 0.2) is 18.2 Å². The summed E-state index contributed by atoms with van der Waals surface area (Å²) in [5.74, 6) is -0.519. The van der Waals surface area contributed by atoms with Gasteiger partial charge in [0.05, 0.1) is 23.6 Å². The Hall–Kier alpha value is -3.30. The second-order valence-electron chi connectivity index (χ2n) is 12.9. The minimum absolute atomic E-state index is 0.139. The number of aromatic nitrogens is 2. The maximum absolute atomic E-state index is 14.0. The molecule has 6 atom stereocenters. The van der Waals surface area contributed by atoms with Crippen molar-refractivity contribution in [2.45, 2.75) is 103 Å². The molecule has 5 rings (SSSR count). The van der Waals surface area contributed by atoms with Crippen LogP contribution in [-0.2, 0) is 20.7 Å². The van der Waals surface area contributed by atoms with Crippen molar-refractivity contribution in [1.29, 1.82) is 0 Å². The molecule has 2 aliphatic heterocycles. The summed E-state index contributed by atoms with van der Waals surface area (Å²) in [6.07, 6.45) is 6.71. The number of aryl methyl sites for hydroxylation is 1. The molecule has 41 heavy (non-hydrogen) atoms. The molecule has 3 aliphatic rings. The molecule has 1 aliphatic carbocycles. The Bertz CT molecular complexity index is 1300. The molecule has 10 heteroatoms. The molecule has 0 radical (unpaired) electrons. The Labute approximate surface area is 240 Å². The summed E-state index contributed by atoms with van der Waals surface area (Å²) in [6, 6.07) is 2.67. The second-order valence-corrected chi connectivity index (χ2v) is 12.9. The molecule has 1 saturated heterocycles. The van der Waals surface area contributed by atoms with Gasteiger partial charge in [-0.25, -0.2) is 19.2 Å². The number of carbonyl (C=O) groups excluding carboxylic acids is 3. The zero-order chi connectivity index (χ0) is 29.3. The fourth-order valence-corrected chi connectivity index (χ4v) is 6.48. The molecular weight excluding hydrogens is 527 g/mol. The second kappa shape index (κ2) is 11.9.